The van der Waals surface area contributed by atoms with E-state index in [1.54, 1.807) is 7.11 Å². The maximum Gasteiger partial charge on any atom is 0.128 e. The van der Waals surface area contributed by atoms with Crippen molar-refractivity contribution in [1.29, 1.82) is 5.26 Å². The van der Waals surface area contributed by atoms with E-state index >= 15 is 0 Å². The van der Waals surface area contributed by atoms with E-state index in [0.717, 1.165) is 37.1 Å². The van der Waals surface area contributed by atoms with E-state index in [0.29, 0.717) is 5.92 Å². The number of benzene rings is 1. The van der Waals surface area contributed by atoms with E-state index in [-0.39, 0.29) is 0 Å². The molecule has 1 aromatic rings. The lowest BCUT2D eigenvalue weighted by molar-refractivity contribution is 0.258. The largest absolute Gasteiger partial charge is 0.497 e. The van der Waals surface area contributed by atoms with Crippen LogP contribution in [0.15, 0.2) is 24.3 Å². The molecule has 1 fully saturated rings. The molecule has 3 nitrogen and oxygen atoms in total. The summed E-state index contributed by atoms with van der Waals surface area (Å²) in [4.78, 5) is 0. The topological polar surface area (TPSA) is 45.0 Å². The van der Waals surface area contributed by atoms with Gasteiger partial charge in [-0.3, -0.25) is 0 Å². The fraction of sp³-hybridized carbons (Fsp3) is 0.562. The summed E-state index contributed by atoms with van der Waals surface area (Å²) in [5, 5.41) is 13.2. The fourth-order valence-corrected chi connectivity index (χ4v) is 3.10. The molecule has 2 rings (SSSR count). The van der Waals surface area contributed by atoms with E-state index in [1.165, 1.54) is 6.42 Å². The molecule has 3 heteroatoms. The molecule has 0 aromatic heterocycles. The second-order valence-electron chi connectivity index (χ2n) is 5.29. The standard InChI is InChI=1S/C16H22N2O/c1-3-13-7-4-5-10-16(13,12-17)18-14-8-6-9-15(11-14)19-2/h6,8-9,11,13,18H,3-5,7,10H2,1-2H3. The summed E-state index contributed by atoms with van der Waals surface area (Å²) in [6, 6.07) is 10.4. The molecule has 0 radical (unpaired) electrons. The average molecular weight is 258 g/mol. The number of nitriles is 1. The molecule has 1 N–H and O–H groups in total. The van der Waals surface area contributed by atoms with E-state index in [9.17, 15) is 5.26 Å². The highest BCUT2D eigenvalue weighted by Crippen LogP contribution is 2.38. The van der Waals surface area contributed by atoms with Crippen LogP contribution in [0.4, 0.5) is 5.69 Å². The average Bonchev–Trinajstić information content (AvgIpc) is 2.47. The zero-order chi connectivity index (χ0) is 13.7. The molecular weight excluding hydrogens is 236 g/mol. The van der Waals surface area contributed by atoms with Crippen molar-refractivity contribution in [2.45, 2.75) is 44.6 Å². The highest BCUT2D eigenvalue weighted by Gasteiger charge is 2.40. The number of hydrogen-bond acceptors (Lipinski definition) is 3. The Bertz CT molecular complexity index is 466. The Kier molecular flexibility index (Phi) is 4.31. The monoisotopic (exact) mass is 258 g/mol. The van der Waals surface area contributed by atoms with Crippen LogP contribution in [0.25, 0.3) is 0 Å². The molecule has 2 unspecified atom stereocenters. The minimum atomic E-state index is -0.417. The zero-order valence-electron chi connectivity index (χ0n) is 11.8. The van der Waals surface area contributed by atoms with Crippen molar-refractivity contribution < 1.29 is 4.74 Å². The summed E-state index contributed by atoms with van der Waals surface area (Å²) in [6.07, 6.45) is 5.48. The van der Waals surface area contributed by atoms with Gasteiger partial charge in [-0.25, -0.2) is 0 Å². The summed E-state index contributed by atoms with van der Waals surface area (Å²) in [7, 11) is 1.66. The number of hydrogen-bond donors (Lipinski definition) is 1. The first-order chi connectivity index (χ1) is 9.24. The summed E-state index contributed by atoms with van der Waals surface area (Å²) in [5.41, 5.74) is 0.556. The molecule has 0 heterocycles. The van der Waals surface area contributed by atoms with Gasteiger partial charge in [0.1, 0.15) is 11.3 Å². The van der Waals surface area contributed by atoms with E-state index < -0.39 is 5.54 Å². The van der Waals surface area contributed by atoms with Crippen molar-refractivity contribution in [3.63, 3.8) is 0 Å². The van der Waals surface area contributed by atoms with Crippen molar-refractivity contribution in [2.75, 3.05) is 12.4 Å². The van der Waals surface area contributed by atoms with Crippen molar-refractivity contribution in [3.05, 3.63) is 24.3 Å². The predicted octanol–water partition coefficient (Wildman–Crippen LogP) is 3.97. The van der Waals surface area contributed by atoms with Gasteiger partial charge >= 0.3 is 0 Å². The highest BCUT2D eigenvalue weighted by atomic mass is 16.5. The van der Waals surface area contributed by atoms with Crippen molar-refractivity contribution in [3.8, 4) is 11.8 Å². The molecule has 1 aliphatic carbocycles. The minimum Gasteiger partial charge on any atom is -0.497 e. The predicted molar refractivity (Wildman–Crippen MR) is 77.2 cm³/mol. The van der Waals surface area contributed by atoms with Gasteiger partial charge in [-0.05, 0) is 30.9 Å². The molecular formula is C16H22N2O. The van der Waals surface area contributed by atoms with Crippen LogP contribution in [0.1, 0.15) is 39.0 Å². The third-order valence-corrected chi connectivity index (χ3v) is 4.20. The van der Waals surface area contributed by atoms with Gasteiger partial charge in [0, 0.05) is 11.8 Å². The Morgan fingerprint density at radius 3 is 3.00 bits per heavy atom. The normalized spacial score (nSPS) is 26.5. The van der Waals surface area contributed by atoms with E-state index in [2.05, 4.69) is 18.3 Å². The molecule has 1 aliphatic rings. The number of methoxy groups -OCH3 is 1. The lowest BCUT2D eigenvalue weighted by Crippen LogP contribution is -2.46. The number of nitrogens with zero attached hydrogens (tertiary/aromatic N) is 1. The molecule has 0 saturated heterocycles. The molecule has 1 saturated carbocycles. The number of anilines is 1. The molecule has 102 valence electrons. The molecule has 0 bridgehead atoms. The van der Waals surface area contributed by atoms with Gasteiger partial charge < -0.3 is 10.1 Å². The lowest BCUT2D eigenvalue weighted by Gasteiger charge is -2.40. The van der Waals surface area contributed by atoms with Crippen LogP contribution >= 0.6 is 0 Å². The zero-order valence-corrected chi connectivity index (χ0v) is 11.8. The Labute approximate surface area is 115 Å². The number of nitrogens with one attached hydrogen (secondary N) is 1. The minimum absolute atomic E-state index is 0.417. The SMILES string of the molecule is CCC1CCCCC1(C#N)Nc1cccc(OC)c1. The lowest BCUT2D eigenvalue weighted by atomic mass is 9.72. The van der Waals surface area contributed by atoms with Crippen LogP contribution in [0, 0.1) is 17.2 Å². The van der Waals surface area contributed by atoms with Gasteiger partial charge in [0.2, 0.25) is 0 Å². The van der Waals surface area contributed by atoms with Crippen molar-refractivity contribution in [2.24, 2.45) is 5.92 Å². The van der Waals surface area contributed by atoms with Crippen molar-refractivity contribution in [1.82, 2.24) is 0 Å². The second kappa shape index (κ2) is 5.97. The fourth-order valence-electron chi connectivity index (χ4n) is 3.10. The summed E-state index contributed by atoms with van der Waals surface area (Å²) >= 11 is 0. The van der Waals surface area contributed by atoms with Crippen LogP contribution in [-0.2, 0) is 0 Å². The third-order valence-electron chi connectivity index (χ3n) is 4.20. The molecule has 0 aliphatic heterocycles. The third kappa shape index (κ3) is 2.84. The van der Waals surface area contributed by atoms with E-state index in [4.69, 9.17) is 4.74 Å². The molecule has 19 heavy (non-hydrogen) atoms. The van der Waals surface area contributed by atoms with Crippen LogP contribution in [0.3, 0.4) is 0 Å². The molecule has 1 aromatic carbocycles. The summed E-state index contributed by atoms with van der Waals surface area (Å²) < 4.78 is 5.24. The van der Waals surface area contributed by atoms with Gasteiger partial charge in [-0.2, -0.15) is 5.26 Å². The van der Waals surface area contributed by atoms with Gasteiger partial charge in [0.25, 0.3) is 0 Å². The first-order valence-electron chi connectivity index (χ1n) is 7.07. The number of rotatable bonds is 4. The van der Waals surface area contributed by atoms with Gasteiger partial charge in [-0.15, -0.1) is 0 Å². The Hall–Kier alpha value is -1.69. The molecule has 0 spiro atoms. The molecule has 2 atom stereocenters. The van der Waals surface area contributed by atoms with Crippen LogP contribution in [-0.4, -0.2) is 12.6 Å². The van der Waals surface area contributed by atoms with Crippen molar-refractivity contribution >= 4 is 5.69 Å². The smallest absolute Gasteiger partial charge is 0.128 e. The first kappa shape index (κ1) is 13.7. The Balaban J connectivity index is 2.24. The number of ether oxygens (including phenoxy) is 1. The maximum absolute atomic E-state index is 9.69. The summed E-state index contributed by atoms with van der Waals surface area (Å²) in [5.74, 6) is 1.25. The second-order valence-corrected chi connectivity index (χ2v) is 5.29. The van der Waals surface area contributed by atoms with Gasteiger partial charge in [0.15, 0.2) is 0 Å². The quantitative estimate of drug-likeness (QED) is 0.888. The maximum atomic E-state index is 9.69. The Morgan fingerprint density at radius 2 is 2.32 bits per heavy atom. The first-order valence-corrected chi connectivity index (χ1v) is 7.07. The van der Waals surface area contributed by atoms with Gasteiger partial charge in [-0.1, -0.05) is 32.3 Å². The van der Waals surface area contributed by atoms with E-state index in [1.807, 2.05) is 24.3 Å². The molecule has 0 amide bonds. The highest BCUT2D eigenvalue weighted by molar-refractivity contribution is 5.52. The van der Waals surface area contributed by atoms with Crippen LogP contribution < -0.4 is 10.1 Å². The van der Waals surface area contributed by atoms with Crippen LogP contribution in [0.2, 0.25) is 0 Å². The Morgan fingerprint density at radius 1 is 1.47 bits per heavy atom. The van der Waals surface area contributed by atoms with Crippen LogP contribution in [0.5, 0.6) is 5.75 Å². The van der Waals surface area contributed by atoms with Gasteiger partial charge in [0.05, 0.1) is 13.2 Å². The summed E-state index contributed by atoms with van der Waals surface area (Å²) in [6.45, 7) is 2.18.